The lowest BCUT2D eigenvalue weighted by atomic mass is 9.95. The van der Waals surface area contributed by atoms with E-state index in [-0.39, 0.29) is 18.0 Å². The molecule has 0 spiro atoms. The second-order valence-electron chi connectivity index (χ2n) is 5.47. The van der Waals surface area contributed by atoms with Crippen molar-refractivity contribution < 1.29 is 9.21 Å². The topological polar surface area (TPSA) is 54.3 Å². The van der Waals surface area contributed by atoms with Gasteiger partial charge in [-0.15, -0.1) is 0 Å². The first-order valence-electron chi connectivity index (χ1n) is 7.26. The standard InChI is InChI=1S/C15H24N2O2/c1-11(14-9-6-10-19-14)16-12(2)15(18)17-13-7-4-3-5-8-13/h6,9-13,16H,3-5,7-8H2,1-2H3,(H,17,18)/t11-,12+/m0/s1. The van der Waals surface area contributed by atoms with Gasteiger partial charge in [-0.05, 0) is 38.8 Å². The molecule has 0 radical (unpaired) electrons. The van der Waals surface area contributed by atoms with Gasteiger partial charge in [0.1, 0.15) is 5.76 Å². The maximum atomic E-state index is 12.1. The number of furan rings is 1. The molecule has 1 heterocycles. The predicted octanol–water partition coefficient (Wildman–Crippen LogP) is 2.77. The summed E-state index contributed by atoms with van der Waals surface area (Å²) in [6.07, 6.45) is 7.65. The summed E-state index contributed by atoms with van der Waals surface area (Å²) in [5.74, 6) is 0.947. The third kappa shape index (κ3) is 4.10. The Morgan fingerprint density at radius 1 is 1.32 bits per heavy atom. The molecular weight excluding hydrogens is 240 g/mol. The maximum Gasteiger partial charge on any atom is 0.237 e. The SMILES string of the molecule is C[C@H](N[C@H](C)C(=O)NC1CCCCC1)c1ccco1. The van der Waals surface area contributed by atoms with E-state index >= 15 is 0 Å². The average molecular weight is 264 g/mol. The monoisotopic (exact) mass is 264 g/mol. The van der Waals surface area contributed by atoms with E-state index in [1.807, 2.05) is 26.0 Å². The van der Waals surface area contributed by atoms with Gasteiger partial charge in [-0.2, -0.15) is 0 Å². The van der Waals surface area contributed by atoms with Crippen molar-refractivity contribution in [3.63, 3.8) is 0 Å². The molecule has 1 aliphatic carbocycles. The van der Waals surface area contributed by atoms with Crippen LogP contribution in [0.25, 0.3) is 0 Å². The van der Waals surface area contributed by atoms with Crippen molar-refractivity contribution in [3.05, 3.63) is 24.2 Å². The molecule has 1 amide bonds. The summed E-state index contributed by atoms with van der Waals surface area (Å²) in [7, 11) is 0. The third-order valence-electron chi connectivity index (χ3n) is 3.81. The quantitative estimate of drug-likeness (QED) is 0.860. The Morgan fingerprint density at radius 3 is 2.68 bits per heavy atom. The average Bonchev–Trinajstić information content (AvgIpc) is 2.93. The fourth-order valence-electron chi connectivity index (χ4n) is 2.64. The molecular formula is C15H24N2O2. The molecule has 2 atom stereocenters. The lowest BCUT2D eigenvalue weighted by Crippen LogP contribution is -2.47. The summed E-state index contributed by atoms with van der Waals surface area (Å²) in [5, 5.41) is 6.40. The highest BCUT2D eigenvalue weighted by Gasteiger charge is 2.21. The number of amides is 1. The highest BCUT2D eigenvalue weighted by atomic mass is 16.3. The van der Waals surface area contributed by atoms with Gasteiger partial charge in [0.2, 0.25) is 5.91 Å². The van der Waals surface area contributed by atoms with Crippen LogP contribution in [0.2, 0.25) is 0 Å². The van der Waals surface area contributed by atoms with Crippen molar-refractivity contribution in [1.82, 2.24) is 10.6 Å². The molecule has 0 bridgehead atoms. The van der Waals surface area contributed by atoms with E-state index in [0.717, 1.165) is 18.6 Å². The molecule has 0 aromatic carbocycles. The Hall–Kier alpha value is -1.29. The van der Waals surface area contributed by atoms with E-state index in [9.17, 15) is 4.79 Å². The number of carbonyl (C=O) groups excluding carboxylic acids is 1. The second-order valence-corrected chi connectivity index (χ2v) is 5.47. The molecule has 19 heavy (non-hydrogen) atoms. The number of hydrogen-bond donors (Lipinski definition) is 2. The molecule has 0 unspecified atom stereocenters. The highest BCUT2D eigenvalue weighted by molar-refractivity contribution is 5.81. The zero-order valence-corrected chi connectivity index (χ0v) is 11.8. The van der Waals surface area contributed by atoms with E-state index in [4.69, 9.17) is 4.42 Å². The van der Waals surface area contributed by atoms with Crippen molar-refractivity contribution in [2.45, 2.75) is 64.1 Å². The van der Waals surface area contributed by atoms with Gasteiger partial charge >= 0.3 is 0 Å². The fourth-order valence-corrected chi connectivity index (χ4v) is 2.64. The summed E-state index contributed by atoms with van der Waals surface area (Å²) in [6.45, 7) is 3.90. The van der Waals surface area contributed by atoms with E-state index in [1.165, 1.54) is 19.3 Å². The third-order valence-corrected chi connectivity index (χ3v) is 3.81. The van der Waals surface area contributed by atoms with Gasteiger partial charge in [0.05, 0.1) is 18.3 Å². The number of carbonyl (C=O) groups is 1. The Kier molecular flexibility index (Phi) is 5.02. The molecule has 0 saturated heterocycles. The van der Waals surface area contributed by atoms with E-state index in [1.54, 1.807) is 6.26 Å². The van der Waals surface area contributed by atoms with E-state index < -0.39 is 0 Å². The van der Waals surface area contributed by atoms with Crippen molar-refractivity contribution in [3.8, 4) is 0 Å². The number of nitrogens with one attached hydrogen (secondary N) is 2. The lowest BCUT2D eigenvalue weighted by Gasteiger charge is -2.25. The minimum absolute atomic E-state index is 0.0436. The summed E-state index contributed by atoms with van der Waals surface area (Å²) >= 11 is 0. The van der Waals surface area contributed by atoms with Crippen LogP contribution in [0.5, 0.6) is 0 Å². The van der Waals surface area contributed by atoms with E-state index in [0.29, 0.717) is 6.04 Å². The van der Waals surface area contributed by atoms with Crippen LogP contribution in [0.1, 0.15) is 57.8 Å². The highest BCUT2D eigenvalue weighted by Crippen LogP contribution is 2.18. The minimum Gasteiger partial charge on any atom is -0.468 e. The first kappa shape index (κ1) is 14.1. The molecule has 1 aromatic heterocycles. The van der Waals surface area contributed by atoms with Gasteiger partial charge in [-0.3, -0.25) is 10.1 Å². The van der Waals surface area contributed by atoms with Crippen LogP contribution in [-0.4, -0.2) is 18.0 Å². The number of hydrogen-bond acceptors (Lipinski definition) is 3. The summed E-state index contributed by atoms with van der Waals surface area (Å²) in [4.78, 5) is 12.1. The van der Waals surface area contributed by atoms with Gasteiger partial charge < -0.3 is 9.73 Å². The maximum absolute atomic E-state index is 12.1. The predicted molar refractivity (Wildman–Crippen MR) is 74.7 cm³/mol. The molecule has 4 heteroatoms. The van der Waals surface area contributed by atoms with Crippen molar-refractivity contribution >= 4 is 5.91 Å². The molecule has 106 valence electrons. The van der Waals surface area contributed by atoms with Crippen LogP contribution in [0, 0.1) is 0 Å². The Balaban J connectivity index is 1.78. The largest absolute Gasteiger partial charge is 0.468 e. The lowest BCUT2D eigenvalue weighted by molar-refractivity contribution is -0.123. The van der Waals surface area contributed by atoms with Crippen LogP contribution in [0.15, 0.2) is 22.8 Å². The van der Waals surface area contributed by atoms with Crippen LogP contribution < -0.4 is 10.6 Å². The molecule has 1 aromatic rings. The van der Waals surface area contributed by atoms with Crippen molar-refractivity contribution in [1.29, 1.82) is 0 Å². The van der Waals surface area contributed by atoms with Gasteiger partial charge in [-0.1, -0.05) is 19.3 Å². The smallest absolute Gasteiger partial charge is 0.237 e. The number of rotatable bonds is 5. The van der Waals surface area contributed by atoms with Crippen LogP contribution in [-0.2, 0) is 4.79 Å². The van der Waals surface area contributed by atoms with Crippen LogP contribution in [0.3, 0.4) is 0 Å². The van der Waals surface area contributed by atoms with Gasteiger partial charge in [-0.25, -0.2) is 0 Å². The fraction of sp³-hybridized carbons (Fsp3) is 0.667. The molecule has 0 aliphatic heterocycles. The second kappa shape index (κ2) is 6.75. The molecule has 2 rings (SSSR count). The Morgan fingerprint density at radius 2 is 2.05 bits per heavy atom. The van der Waals surface area contributed by atoms with Crippen molar-refractivity contribution in [2.75, 3.05) is 0 Å². The summed E-state index contributed by atoms with van der Waals surface area (Å²) < 4.78 is 5.33. The molecule has 1 saturated carbocycles. The van der Waals surface area contributed by atoms with E-state index in [2.05, 4.69) is 10.6 Å². The first-order valence-corrected chi connectivity index (χ1v) is 7.26. The van der Waals surface area contributed by atoms with Crippen molar-refractivity contribution in [2.24, 2.45) is 0 Å². The molecule has 4 nitrogen and oxygen atoms in total. The zero-order valence-electron chi connectivity index (χ0n) is 11.8. The summed E-state index contributed by atoms with van der Waals surface area (Å²) in [6, 6.07) is 3.98. The van der Waals surface area contributed by atoms with Gasteiger partial charge in [0.25, 0.3) is 0 Å². The van der Waals surface area contributed by atoms with Crippen LogP contribution in [0.4, 0.5) is 0 Å². The molecule has 2 N–H and O–H groups in total. The first-order chi connectivity index (χ1) is 9.16. The summed E-state index contributed by atoms with van der Waals surface area (Å²) in [5.41, 5.74) is 0. The molecule has 1 fully saturated rings. The Bertz CT molecular complexity index is 383. The minimum atomic E-state index is -0.206. The molecule has 1 aliphatic rings. The Labute approximate surface area is 114 Å². The normalized spacial score (nSPS) is 19.9. The zero-order chi connectivity index (χ0) is 13.7. The van der Waals surface area contributed by atoms with Gasteiger partial charge in [0.15, 0.2) is 0 Å². The van der Waals surface area contributed by atoms with Gasteiger partial charge in [0, 0.05) is 6.04 Å². The van der Waals surface area contributed by atoms with Crippen LogP contribution >= 0.6 is 0 Å².